The summed E-state index contributed by atoms with van der Waals surface area (Å²) in [4.78, 5) is 0. The summed E-state index contributed by atoms with van der Waals surface area (Å²) in [6, 6.07) is 25.2. The summed E-state index contributed by atoms with van der Waals surface area (Å²) in [6.45, 7) is 13.2. The fourth-order valence-corrected chi connectivity index (χ4v) is 4.08. The molecule has 0 aliphatic carbocycles. The minimum absolute atomic E-state index is 0.607. The SMILES string of the molecule is CC(C)c1ccc(Br)cc1.CC(C)c1cccc(Br)c1.CC(C)c1ccccc1Br. The van der Waals surface area contributed by atoms with Gasteiger partial charge in [0.15, 0.2) is 0 Å². The molecule has 0 radical (unpaired) electrons. The number of halogens is 3. The molecule has 0 heterocycles. The lowest BCUT2D eigenvalue weighted by molar-refractivity contribution is 0.861. The van der Waals surface area contributed by atoms with Crippen LogP contribution >= 0.6 is 47.8 Å². The van der Waals surface area contributed by atoms with Crippen molar-refractivity contribution < 1.29 is 0 Å². The van der Waals surface area contributed by atoms with Crippen molar-refractivity contribution in [1.82, 2.24) is 0 Å². The van der Waals surface area contributed by atoms with Crippen LogP contribution in [0.1, 0.15) is 76.0 Å². The molecular formula is C27H33Br3. The van der Waals surface area contributed by atoms with Crippen molar-refractivity contribution in [1.29, 1.82) is 0 Å². The highest BCUT2D eigenvalue weighted by Crippen LogP contribution is 2.23. The van der Waals surface area contributed by atoms with E-state index in [1.165, 1.54) is 25.6 Å². The topological polar surface area (TPSA) is 0 Å². The van der Waals surface area contributed by atoms with Gasteiger partial charge in [0.05, 0.1) is 0 Å². The van der Waals surface area contributed by atoms with Gasteiger partial charge in [-0.25, -0.2) is 0 Å². The first kappa shape index (κ1) is 27.1. The van der Waals surface area contributed by atoms with E-state index < -0.39 is 0 Å². The van der Waals surface area contributed by atoms with Crippen molar-refractivity contribution in [3.8, 4) is 0 Å². The van der Waals surface area contributed by atoms with Crippen molar-refractivity contribution >= 4 is 47.8 Å². The fourth-order valence-electron chi connectivity index (χ4n) is 2.66. The smallest absolute Gasteiger partial charge is 0.0209 e. The van der Waals surface area contributed by atoms with Crippen LogP contribution in [-0.4, -0.2) is 0 Å². The second-order valence-electron chi connectivity index (χ2n) is 8.09. The molecule has 0 nitrogen and oxygen atoms in total. The summed E-state index contributed by atoms with van der Waals surface area (Å²) in [5, 5.41) is 0. The van der Waals surface area contributed by atoms with Gasteiger partial charge >= 0.3 is 0 Å². The molecule has 0 aliphatic heterocycles. The van der Waals surface area contributed by atoms with Crippen molar-refractivity contribution in [2.75, 3.05) is 0 Å². The van der Waals surface area contributed by atoms with Crippen LogP contribution < -0.4 is 0 Å². The van der Waals surface area contributed by atoms with Crippen LogP contribution in [0.3, 0.4) is 0 Å². The van der Waals surface area contributed by atoms with Gasteiger partial charge in [-0.05, 0) is 64.8 Å². The highest BCUT2D eigenvalue weighted by molar-refractivity contribution is 9.11. The summed E-state index contributed by atoms with van der Waals surface area (Å²) >= 11 is 10.3. The minimum atomic E-state index is 0.607. The van der Waals surface area contributed by atoms with Gasteiger partial charge in [0.25, 0.3) is 0 Å². The Labute approximate surface area is 208 Å². The van der Waals surface area contributed by atoms with E-state index in [4.69, 9.17) is 0 Å². The first-order chi connectivity index (χ1) is 14.1. The van der Waals surface area contributed by atoms with E-state index >= 15 is 0 Å². The lowest BCUT2D eigenvalue weighted by Crippen LogP contribution is -1.86. The summed E-state index contributed by atoms with van der Waals surface area (Å²) in [7, 11) is 0. The molecule has 3 aromatic carbocycles. The minimum Gasteiger partial charge on any atom is -0.0619 e. The van der Waals surface area contributed by atoms with E-state index in [9.17, 15) is 0 Å². The number of benzene rings is 3. The normalized spacial score (nSPS) is 10.4. The van der Waals surface area contributed by atoms with Crippen molar-refractivity contribution in [3.63, 3.8) is 0 Å². The molecule has 0 spiro atoms. The molecule has 0 aromatic heterocycles. The molecule has 30 heavy (non-hydrogen) atoms. The molecule has 0 unspecified atom stereocenters. The van der Waals surface area contributed by atoms with E-state index in [-0.39, 0.29) is 0 Å². The van der Waals surface area contributed by atoms with Crippen LogP contribution in [0.2, 0.25) is 0 Å². The van der Waals surface area contributed by atoms with E-state index in [1.807, 2.05) is 12.1 Å². The molecule has 0 saturated carbocycles. The number of rotatable bonds is 3. The van der Waals surface area contributed by atoms with Crippen LogP contribution in [0.25, 0.3) is 0 Å². The van der Waals surface area contributed by atoms with Crippen molar-refractivity contribution in [3.05, 3.63) is 103 Å². The molecule has 3 rings (SSSR count). The van der Waals surface area contributed by atoms with Gasteiger partial charge in [-0.2, -0.15) is 0 Å². The third kappa shape index (κ3) is 10.4. The predicted molar refractivity (Wildman–Crippen MR) is 145 cm³/mol. The lowest BCUT2D eigenvalue weighted by Gasteiger charge is -2.06. The highest BCUT2D eigenvalue weighted by atomic mass is 79.9. The van der Waals surface area contributed by atoms with Gasteiger partial charge in [0.1, 0.15) is 0 Å². The maximum absolute atomic E-state index is 3.50. The second kappa shape index (κ2) is 14.2. The second-order valence-corrected chi connectivity index (χ2v) is 10.8. The number of hydrogen-bond acceptors (Lipinski definition) is 0. The molecule has 0 amide bonds. The summed E-state index contributed by atoms with van der Waals surface area (Å²) in [5.74, 6) is 1.86. The average Bonchev–Trinajstić information content (AvgIpc) is 2.69. The van der Waals surface area contributed by atoms with Crippen molar-refractivity contribution in [2.24, 2.45) is 0 Å². The van der Waals surface area contributed by atoms with Gasteiger partial charge in [-0.1, -0.05) is 132 Å². The first-order valence-electron chi connectivity index (χ1n) is 10.4. The molecular weight excluding hydrogens is 564 g/mol. The zero-order valence-corrected chi connectivity index (χ0v) is 23.6. The molecule has 0 bridgehead atoms. The van der Waals surface area contributed by atoms with Crippen LogP contribution in [-0.2, 0) is 0 Å². The van der Waals surface area contributed by atoms with Crippen LogP contribution in [0, 0.1) is 0 Å². The molecule has 0 saturated heterocycles. The Balaban J connectivity index is 0.000000225. The summed E-state index contributed by atoms with van der Waals surface area (Å²) in [5.41, 5.74) is 4.15. The van der Waals surface area contributed by atoms with E-state index in [0.717, 1.165) is 4.47 Å². The quantitative estimate of drug-likeness (QED) is 0.282. The zero-order valence-electron chi connectivity index (χ0n) is 18.8. The Morgan fingerprint density at radius 1 is 0.500 bits per heavy atom. The van der Waals surface area contributed by atoms with Crippen LogP contribution in [0.4, 0.5) is 0 Å². The molecule has 0 aliphatic rings. The third-order valence-electron chi connectivity index (χ3n) is 4.58. The molecule has 0 N–H and O–H groups in total. The molecule has 0 atom stereocenters. The summed E-state index contributed by atoms with van der Waals surface area (Å²) in [6.07, 6.45) is 0. The first-order valence-corrected chi connectivity index (χ1v) is 12.7. The number of hydrogen-bond donors (Lipinski definition) is 0. The Morgan fingerprint density at radius 3 is 1.47 bits per heavy atom. The Kier molecular flexibility index (Phi) is 12.9. The fraction of sp³-hybridized carbons (Fsp3) is 0.333. The molecule has 3 heteroatoms. The molecule has 162 valence electrons. The largest absolute Gasteiger partial charge is 0.0619 e. The van der Waals surface area contributed by atoms with Crippen molar-refractivity contribution in [2.45, 2.75) is 59.3 Å². The summed E-state index contributed by atoms with van der Waals surface area (Å²) < 4.78 is 3.53. The maximum atomic E-state index is 3.50. The van der Waals surface area contributed by atoms with E-state index in [1.54, 1.807) is 0 Å². The van der Waals surface area contributed by atoms with Gasteiger partial charge in [0, 0.05) is 13.4 Å². The Bertz CT molecular complexity index is 865. The Morgan fingerprint density at radius 2 is 1.07 bits per heavy atom. The zero-order chi connectivity index (χ0) is 22.7. The van der Waals surface area contributed by atoms with Gasteiger partial charge < -0.3 is 0 Å². The molecule has 3 aromatic rings. The van der Waals surface area contributed by atoms with Gasteiger partial charge in [-0.3, -0.25) is 0 Å². The van der Waals surface area contributed by atoms with Gasteiger partial charge in [-0.15, -0.1) is 0 Å². The van der Waals surface area contributed by atoms with E-state index in [0.29, 0.717) is 17.8 Å². The molecule has 0 fully saturated rings. The van der Waals surface area contributed by atoms with Crippen LogP contribution in [0.15, 0.2) is 86.2 Å². The maximum Gasteiger partial charge on any atom is 0.0209 e. The van der Waals surface area contributed by atoms with Crippen LogP contribution in [0.5, 0.6) is 0 Å². The standard InChI is InChI=1S/3C9H11Br/c1-7(2)8-3-5-9(10)6-4-8;1-7(2)8-4-3-5-9(10)6-8;1-7(2)8-5-3-4-6-9(8)10/h3*3-7H,1-2H3. The Hall–Kier alpha value is -0.900. The van der Waals surface area contributed by atoms with E-state index in [2.05, 4.69) is 150 Å². The highest BCUT2D eigenvalue weighted by Gasteiger charge is 2.01. The van der Waals surface area contributed by atoms with Gasteiger partial charge in [0.2, 0.25) is 0 Å². The third-order valence-corrected chi connectivity index (χ3v) is 6.32. The monoisotopic (exact) mass is 594 g/mol. The average molecular weight is 597 g/mol. The lowest BCUT2D eigenvalue weighted by atomic mass is 10.0. The predicted octanol–water partition coefficient (Wildman–Crippen LogP) is 10.7.